The molecular weight excluding hydrogens is 222 g/mol. The van der Waals surface area contributed by atoms with Crippen LogP contribution in [0.4, 0.5) is 5.69 Å². The molecule has 0 saturated carbocycles. The minimum Gasteiger partial charge on any atom is -0.396 e. The average Bonchev–Trinajstić information content (AvgIpc) is 2.19. The van der Waals surface area contributed by atoms with Gasteiger partial charge in [-0.3, -0.25) is 4.79 Å². The van der Waals surface area contributed by atoms with Crippen LogP contribution in [0.2, 0.25) is 5.15 Å². The number of primary amides is 1. The van der Waals surface area contributed by atoms with Crippen molar-refractivity contribution in [3.8, 4) is 0 Å². The number of aromatic nitrogens is 1. The fraction of sp³-hybridized carbons (Fsp3) is 0.250. The zero-order valence-corrected chi connectivity index (χ0v) is 8.35. The highest BCUT2D eigenvalue weighted by molar-refractivity contribution is 6.31. The number of pyridine rings is 1. The Bertz CT molecular complexity index is 385. The molecule has 1 amide bonds. The molecule has 2 atom stereocenters. The monoisotopic (exact) mass is 231 g/mol. The van der Waals surface area contributed by atoms with E-state index in [2.05, 4.69) is 4.98 Å². The van der Waals surface area contributed by atoms with Gasteiger partial charge in [0, 0.05) is 11.8 Å². The van der Waals surface area contributed by atoms with Gasteiger partial charge in [-0.1, -0.05) is 11.6 Å². The Balaban J connectivity index is 2.96. The fourth-order valence-electron chi connectivity index (χ4n) is 0.982. The third-order valence-electron chi connectivity index (χ3n) is 1.82. The minimum absolute atomic E-state index is 0.0829. The van der Waals surface area contributed by atoms with E-state index in [1.165, 1.54) is 12.3 Å². The number of carbonyl (C=O) groups is 1. The molecule has 1 aromatic heterocycles. The van der Waals surface area contributed by atoms with Crippen LogP contribution < -0.4 is 11.5 Å². The highest BCUT2D eigenvalue weighted by Gasteiger charge is 2.24. The Hall–Kier alpha value is -1.37. The number of hydrogen-bond acceptors (Lipinski definition) is 5. The van der Waals surface area contributed by atoms with Gasteiger partial charge in [-0.25, -0.2) is 4.98 Å². The van der Waals surface area contributed by atoms with Crippen molar-refractivity contribution in [1.29, 1.82) is 0 Å². The van der Waals surface area contributed by atoms with Crippen molar-refractivity contribution in [3.63, 3.8) is 0 Å². The first kappa shape index (κ1) is 11.7. The summed E-state index contributed by atoms with van der Waals surface area (Å²) in [6.45, 7) is 0. The number of rotatable bonds is 3. The van der Waals surface area contributed by atoms with Crippen LogP contribution in [0.1, 0.15) is 11.7 Å². The van der Waals surface area contributed by atoms with Gasteiger partial charge in [-0.15, -0.1) is 0 Å². The summed E-state index contributed by atoms with van der Waals surface area (Å²) in [5, 5.41) is 18.8. The van der Waals surface area contributed by atoms with E-state index in [0.717, 1.165) is 0 Å². The van der Waals surface area contributed by atoms with Crippen LogP contribution in [0, 0.1) is 0 Å². The summed E-state index contributed by atoms with van der Waals surface area (Å²) in [6, 6.07) is 1.31. The summed E-state index contributed by atoms with van der Waals surface area (Å²) in [5.41, 5.74) is 10.6. The molecule has 2 unspecified atom stereocenters. The van der Waals surface area contributed by atoms with Gasteiger partial charge in [-0.2, -0.15) is 0 Å². The zero-order valence-electron chi connectivity index (χ0n) is 7.59. The van der Waals surface area contributed by atoms with Crippen molar-refractivity contribution in [2.45, 2.75) is 12.2 Å². The van der Waals surface area contributed by atoms with Crippen LogP contribution in [0.25, 0.3) is 0 Å². The van der Waals surface area contributed by atoms with Gasteiger partial charge in [0.25, 0.3) is 0 Å². The van der Waals surface area contributed by atoms with Crippen molar-refractivity contribution >= 4 is 23.2 Å². The number of hydrogen-bond donors (Lipinski definition) is 4. The first-order chi connectivity index (χ1) is 6.93. The summed E-state index contributed by atoms with van der Waals surface area (Å²) >= 11 is 5.56. The average molecular weight is 232 g/mol. The van der Waals surface area contributed by atoms with Gasteiger partial charge in [0.15, 0.2) is 11.3 Å². The van der Waals surface area contributed by atoms with Crippen molar-refractivity contribution in [2.75, 3.05) is 5.73 Å². The second-order valence-electron chi connectivity index (χ2n) is 2.94. The molecule has 0 aliphatic rings. The van der Waals surface area contributed by atoms with Gasteiger partial charge < -0.3 is 21.7 Å². The maximum absolute atomic E-state index is 10.6. The molecular formula is C8H10ClN3O3. The first-order valence-corrected chi connectivity index (χ1v) is 4.37. The Labute approximate surface area is 90.5 Å². The van der Waals surface area contributed by atoms with E-state index in [0.29, 0.717) is 0 Å². The smallest absolute Gasteiger partial charge is 0.249 e. The number of aliphatic hydroxyl groups excluding tert-OH is 2. The van der Waals surface area contributed by atoms with Crippen molar-refractivity contribution in [3.05, 3.63) is 23.0 Å². The molecule has 0 spiro atoms. The number of nitrogens with two attached hydrogens (primary N) is 2. The van der Waals surface area contributed by atoms with E-state index in [1.54, 1.807) is 0 Å². The van der Waals surface area contributed by atoms with Crippen molar-refractivity contribution < 1.29 is 15.0 Å². The van der Waals surface area contributed by atoms with Crippen LogP contribution in [-0.2, 0) is 4.79 Å². The summed E-state index contributed by atoms with van der Waals surface area (Å²) in [7, 11) is 0. The molecule has 1 aromatic rings. The number of anilines is 1. The molecule has 0 aliphatic heterocycles. The number of aliphatic hydroxyl groups is 2. The van der Waals surface area contributed by atoms with E-state index in [9.17, 15) is 15.0 Å². The van der Waals surface area contributed by atoms with Crippen LogP contribution in [-0.4, -0.2) is 27.2 Å². The van der Waals surface area contributed by atoms with Crippen LogP contribution in [0.5, 0.6) is 0 Å². The molecule has 1 heterocycles. The number of nitrogen functional groups attached to an aromatic ring is 1. The van der Waals surface area contributed by atoms with Gasteiger partial charge in [0.2, 0.25) is 5.91 Å². The van der Waals surface area contributed by atoms with Gasteiger partial charge in [0.1, 0.15) is 6.10 Å². The summed E-state index contributed by atoms with van der Waals surface area (Å²) < 4.78 is 0. The standard InChI is InChI=1S/C8H10ClN3O3/c9-7-4(10)1-3(2-12-7)5(13)6(14)8(11)15/h1-2,5-6,13-14H,10H2,(H2,11,15). The van der Waals surface area contributed by atoms with E-state index in [1.807, 2.05) is 0 Å². The van der Waals surface area contributed by atoms with Crippen LogP contribution in [0.15, 0.2) is 12.3 Å². The lowest BCUT2D eigenvalue weighted by atomic mass is 10.1. The van der Waals surface area contributed by atoms with Crippen LogP contribution >= 0.6 is 11.6 Å². The Morgan fingerprint density at radius 2 is 2.13 bits per heavy atom. The molecule has 0 aliphatic carbocycles. The lowest BCUT2D eigenvalue weighted by molar-refractivity contribution is -0.131. The summed E-state index contributed by atoms with van der Waals surface area (Å²) in [4.78, 5) is 14.3. The Morgan fingerprint density at radius 1 is 1.53 bits per heavy atom. The molecule has 0 radical (unpaired) electrons. The minimum atomic E-state index is -1.70. The normalized spacial score (nSPS) is 14.6. The van der Waals surface area contributed by atoms with Gasteiger partial charge >= 0.3 is 0 Å². The predicted octanol–water partition coefficient (Wildman–Crippen LogP) is -0.803. The highest BCUT2D eigenvalue weighted by Crippen LogP contribution is 2.22. The molecule has 15 heavy (non-hydrogen) atoms. The second-order valence-corrected chi connectivity index (χ2v) is 3.30. The number of halogens is 1. The van der Waals surface area contributed by atoms with E-state index in [-0.39, 0.29) is 16.4 Å². The maximum Gasteiger partial charge on any atom is 0.249 e. The Morgan fingerprint density at radius 3 is 2.60 bits per heavy atom. The van der Waals surface area contributed by atoms with Crippen molar-refractivity contribution in [2.24, 2.45) is 5.73 Å². The van der Waals surface area contributed by atoms with Crippen LogP contribution in [0.3, 0.4) is 0 Å². The van der Waals surface area contributed by atoms with E-state index < -0.39 is 18.1 Å². The number of amides is 1. The zero-order chi connectivity index (χ0) is 11.6. The molecule has 0 aromatic carbocycles. The topological polar surface area (TPSA) is 122 Å². The molecule has 0 fully saturated rings. The number of nitrogens with zero attached hydrogens (tertiary/aromatic N) is 1. The van der Waals surface area contributed by atoms with E-state index >= 15 is 0 Å². The molecule has 0 bridgehead atoms. The molecule has 82 valence electrons. The SMILES string of the molecule is NC(=O)C(O)C(O)c1cnc(Cl)c(N)c1. The largest absolute Gasteiger partial charge is 0.396 e. The van der Waals surface area contributed by atoms with Gasteiger partial charge in [0.05, 0.1) is 5.69 Å². The lowest BCUT2D eigenvalue weighted by Gasteiger charge is -2.15. The molecule has 6 N–H and O–H groups in total. The summed E-state index contributed by atoms with van der Waals surface area (Å²) in [5.74, 6) is -1.03. The molecule has 0 saturated heterocycles. The van der Waals surface area contributed by atoms with Gasteiger partial charge in [-0.05, 0) is 6.07 Å². The third-order valence-corrected chi connectivity index (χ3v) is 2.14. The Kier molecular flexibility index (Phi) is 3.46. The second kappa shape index (κ2) is 4.43. The fourth-order valence-corrected chi connectivity index (χ4v) is 1.09. The van der Waals surface area contributed by atoms with E-state index in [4.69, 9.17) is 23.1 Å². The number of carbonyl (C=O) groups excluding carboxylic acids is 1. The highest BCUT2D eigenvalue weighted by atomic mass is 35.5. The lowest BCUT2D eigenvalue weighted by Crippen LogP contribution is -2.33. The first-order valence-electron chi connectivity index (χ1n) is 4.00. The predicted molar refractivity (Wildman–Crippen MR) is 53.8 cm³/mol. The summed E-state index contributed by atoms with van der Waals surface area (Å²) in [6.07, 6.45) is -1.96. The molecule has 7 heteroatoms. The molecule has 6 nitrogen and oxygen atoms in total. The van der Waals surface area contributed by atoms with Crippen molar-refractivity contribution in [1.82, 2.24) is 4.98 Å². The molecule has 1 rings (SSSR count). The third kappa shape index (κ3) is 2.56. The maximum atomic E-state index is 10.6. The quantitative estimate of drug-likeness (QED) is 0.507.